The summed E-state index contributed by atoms with van der Waals surface area (Å²) in [5.74, 6) is -1.21. The second-order valence-electron chi connectivity index (χ2n) is 5.67. The van der Waals surface area contributed by atoms with Crippen molar-refractivity contribution in [3.05, 3.63) is 54.4 Å². The van der Waals surface area contributed by atoms with Gasteiger partial charge in [-0.15, -0.1) is 0 Å². The normalized spacial score (nSPS) is 16.6. The number of esters is 1. The standard InChI is InChI=1S/C18H17N3O4/c1-25-18(24)12-4-6-14(7-5-12)20-17(23)13-9-16(22)21(11-13)15-3-2-8-19-10-15/h2-8,10,13H,9,11H2,1H3,(H,20,23). The molecule has 1 aromatic heterocycles. The predicted molar refractivity (Wildman–Crippen MR) is 91.1 cm³/mol. The average molecular weight is 339 g/mol. The molecule has 2 aromatic rings. The summed E-state index contributed by atoms with van der Waals surface area (Å²) in [5, 5.41) is 2.78. The smallest absolute Gasteiger partial charge is 0.337 e. The number of nitrogens with zero attached hydrogens (tertiary/aromatic N) is 2. The van der Waals surface area contributed by atoms with Crippen molar-refractivity contribution in [1.82, 2.24) is 4.98 Å². The number of pyridine rings is 1. The zero-order chi connectivity index (χ0) is 17.8. The van der Waals surface area contributed by atoms with Crippen molar-refractivity contribution in [2.24, 2.45) is 5.92 Å². The summed E-state index contributed by atoms with van der Waals surface area (Å²) in [6.07, 6.45) is 3.39. The fourth-order valence-electron chi connectivity index (χ4n) is 2.70. The highest BCUT2D eigenvalue weighted by Crippen LogP contribution is 2.25. The van der Waals surface area contributed by atoms with Gasteiger partial charge in [0, 0.05) is 24.8 Å². The number of carbonyl (C=O) groups excluding carboxylic acids is 3. The van der Waals surface area contributed by atoms with Gasteiger partial charge in [-0.2, -0.15) is 0 Å². The van der Waals surface area contributed by atoms with Crippen LogP contribution in [0.25, 0.3) is 0 Å². The molecule has 7 heteroatoms. The van der Waals surface area contributed by atoms with Crippen LogP contribution >= 0.6 is 0 Å². The van der Waals surface area contributed by atoms with Crippen LogP contribution in [-0.2, 0) is 14.3 Å². The van der Waals surface area contributed by atoms with Gasteiger partial charge in [0.1, 0.15) is 0 Å². The van der Waals surface area contributed by atoms with E-state index in [2.05, 4.69) is 15.0 Å². The van der Waals surface area contributed by atoms with Crippen LogP contribution < -0.4 is 10.2 Å². The molecular weight excluding hydrogens is 322 g/mol. The molecule has 1 unspecified atom stereocenters. The molecule has 2 amide bonds. The highest BCUT2D eigenvalue weighted by molar-refractivity contribution is 6.03. The van der Waals surface area contributed by atoms with Crippen LogP contribution in [0.1, 0.15) is 16.8 Å². The largest absolute Gasteiger partial charge is 0.465 e. The molecule has 1 aliphatic heterocycles. The monoisotopic (exact) mass is 339 g/mol. The van der Waals surface area contributed by atoms with Gasteiger partial charge in [0.25, 0.3) is 0 Å². The lowest BCUT2D eigenvalue weighted by Crippen LogP contribution is -2.28. The molecule has 1 fully saturated rings. The Morgan fingerprint density at radius 2 is 2.00 bits per heavy atom. The molecule has 128 valence electrons. The Hall–Kier alpha value is -3.22. The minimum Gasteiger partial charge on any atom is -0.465 e. The zero-order valence-electron chi connectivity index (χ0n) is 13.6. The maximum absolute atomic E-state index is 12.4. The first-order chi connectivity index (χ1) is 12.1. The van der Waals surface area contributed by atoms with Crippen molar-refractivity contribution in [1.29, 1.82) is 0 Å². The molecule has 2 heterocycles. The van der Waals surface area contributed by atoms with E-state index < -0.39 is 11.9 Å². The van der Waals surface area contributed by atoms with E-state index in [0.29, 0.717) is 23.5 Å². The highest BCUT2D eigenvalue weighted by Gasteiger charge is 2.35. The third-order valence-corrected chi connectivity index (χ3v) is 4.03. The van der Waals surface area contributed by atoms with Crippen LogP contribution in [0.3, 0.4) is 0 Å². The van der Waals surface area contributed by atoms with Gasteiger partial charge < -0.3 is 15.0 Å². The second kappa shape index (κ2) is 7.12. The van der Waals surface area contributed by atoms with Crippen molar-refractivity contribution in [2.45, 2.75) is 6.42 Å². The number of hydrogen-bond acceptors (Lipinski definition) is 5. The van der Waals surface area contributed by atoms with Crippen LogP contribution in [0.2, 0.25) is 0 Å². The van der Waals surface area contributed by atoms with Gasteiger partial charge in [-0.05, 0) is 36.4 Å². The number of hydrogen-bond donors (Lipinski definition) is 1. The molecule has 1 N–H and O–H groups in total. The van der Waals surface area contributed by atoms with Gasteiger partial charge in [-0.1, -0.05) is 0 Å². The molecule has 0 saturated carbocycles. The summed E-state index contributed by atoms with van der Waals surface area (Å²) in [7, 11) is 1.31. The van der Waals surface area contributed by atoms with Crippen molar-refractivity contribution < 1.29 is 19.1 Å². The molecule has 25 heavy (non-hydrogen) atoms. The minimum absolute atomic E-state index is 0.103. The summed E-state index contributed by atoms with van der Waals surface area (Å²) < 4.78 is 4.63. The number of methoxy groups -OCH3 is 1. The number of anilines is 2. The van der Waals surface area contributed by atoms with E-state index in [1.54, 1.807) is 53.7 Å². The molecule has 7 nitrogen and oxygen atoms in total. The number of carbonyl (C=O) groups is 3. The maximum Gasteiger partial charge on any atom is 0.337 e. The van der Waals surface area contributed by atoms with Gasteiger partial charge in [0.15, 0.2) is 0 Å². The second-order valence-corrected chi connectivity index (χ2v) is 5.67. The van der Waals surface area contributed by atoms with E-state index in [0.717, 1.165) is 0 Å². The Kier molecular flexibility index (Phi) is 4.74. The molecule has 1 saturated heterocycles. The van der Waals surface area contributed by atoms with E-state index in [1.165, 1.54) is 7.11 Å². The lowest BCUT2D eigenvalue weighted by Gasteiger charge is -2.16. The fraction of sp³-hybridized carbons (Fsp3) is 0.222. The lowest BCUT2D eigenvalue weighted by molar-refractivity contribution is -0.122. The minimum atomic E-state index is -0.439. The highest BCUT2D eigenvalue weighted by atomic mass is 16.5. The maximum atomic E-state index is 12.4. The van der Waals surface area contributed by atoms with Gasteiger partial charge >= 0.3 is 5.97 Å². The fourth-order valence-corrected chi connectivity index (χ4v) is 2.70. The first-order valence-electron chi connectivity index (χ1n) is 7.78. The number of rotatable bonds is 4. The summed E-state index contributed by atoms with van der Waals surface area (Å²) >= 11 is 0. The Bertz CT molecular complexity index is 790. The van der Waals surface area contributed by atoms with Crippen LogP contribution in [0.15, 0.2) is 48.8 Å². The number of nitrogens with one attached hydrogen (secondary N) is 1. The van der Waals surface area contributed by atoms with Crippen molar-refractivity contribution in [3.8, 4) is 0 Å². The third-order valence-electron chi connectivity index (χ3n) is 4.03. The SMILES string of the molecule is COC(=O)c1ccc(NC(=O)C2CC(=O)N(c3cccnc3)C2)cc1. The Balaban J connectivity index is 1.64. The van der Waals surface area contributed by atoms with E-state index in [4.69, 9.17) is 0 Å². The summed E-state index contributed by atoms with van der Waals surface area (Å²) in [6.45, 7) is 0.316. The molecule has 0 aliphatic carbocycles. The zero-order valence-corrected chi connectivity index (χ0v) is 13.6. The number of benzene rings is 1. The van der Waals surface area contributed by atoms with Crippen LogP contribution in [0.5, 0.6) is 0 Å². The van der Waals surface area contributed by atoms with Crippen molar-refractivity contribution in [2.75, 3.05) is 23.9 Å². The Morgan fingerprint density at radius 3 is 2.64 bits per heavy atom. The van der Waals surface area contributed by atoms with Gasteiger partial charge in [0.05, 0.1) is 30.5 Å². The number of aromatic nitrogens is 1. The number of amides is 2. The Labute approximate surface area is 144 Å². The van der Waals surface area contributed by atoms with Crippen LogP contribution in [-0.4, -0.2) is 36.4 Å². The lowest BCUT2D eigenvalue weighted by atomic mass is 10.1. The summed E-state index contributed by atoms with van der Waals surface area (Å²) in [6, 6.07) is 9.93. The van der Waals surface area contributed by atoms with E-state index in [1.807, 2.05) is 0 Å². The molecular formula is C18H17N3O4. The van der Waals surface area contributed by atoms with E-state index in [9.17, 15) is 14.4 Å². The third kappa shape index (κ3) is 3.65. The molecule has 0 spiro atoms. The van der Waals surface area contributed by atoms with Crippen LogP contribution in [0, 0.1) is 5.92 Å². The predicted octanol–water partition coefficient (Wildman–Crippen LogP) is 1.86. The molecule has 0 radical (unpaired) electrons. The van der Waals surface area contributed by atoms with E-state index >= 15 is 0 Å². The molecule has 1 atom stereocenters. The van der Waals surface area contributed by atoms with Gasteiger partial charge in [-0.25, -0.2) is 4.79 Å². The van der Waals surface area contributed by atoms with Gasteiger partial charge in [-0.3, -0.25) is 14.6 Å². The molecule has 3 rings (SSSR count). The van der Waals surface area contributed by atoms with Crippen molar-refractivity contribution in [3.63, 3.8) is 0 Å². The molecule has 1 aromatic carbocycles. The molecule has 1 aliphatic rings. The molecule has 0 bridgehead atoms. The first kappa shape index (κ1) is 16.6. The summed E-state index contributed by atoms with van der Waals surface area (Å²) in [5.41, 5.74) is 1.65. The van der Waals surface area contributed by atoms with Crippen LogP contribution in [0.4, 0.5) is 11.4 Å². The van der Waals surface area contributed by atoms with E-state index in [-0.39, 0.29) is 18.2 Å². The van der Waals surface area contributed by atoms with Crippen molar-refractivity contribution >= 4 is 29.2 Å². The quantitative estimate of drug-likeness (QED) is 0.859. The van der Waals surface area contributed by atoms with Gasteiger partial charge in [0.2, 0.25) is 11.8 Å². The average Bonchev–Trinajstić information content (AvgIpc) is 3.04. The summed E-state index contributed by atoms with van der Waals surface area (Å²) in [4.78, 5) is 41.5. The topological polar surface area (TPSA) is 88.6 Å². The first-order valence-corrected chi connectivity index (χ1v) is 7.78. The Morgan fingerprint density at radius 1 is 1.24 bits per heavy atom. The number of ether oxygens (including phenoxy) is 1.